The van der Waals surface area contributed by atoms with Gasteiger partial charge in [0.05, 0.1) is 6.54 Å². The van der Waals surface area contributed by atoms with Crippen LogP contribution in [-0.4, -0.2) is 44.0 Å². The lowest BCUT2D eigenvalue weighted by Crippen LogP contribution is -2.41. The molecule has 1 amide bonds. The highest BCUT2D eigenvalue weighted by atomic mass is 19.1. The van der Waals surface area contributed by atoms with Crippen LogP contribution in [0, 0.1) is 11.7 Å². The average molecular weight is 307 g/mol. The number of halogens is 1. The summed E-state index contributed by atoms with van der Waals surface area (Å²) in [6, 6.07) is 6.54. The van der Waals surface area contributed by atoms with Crippen LogP contribution < -0.4 is 10.6 Å². The number of piperidine rings is 1. The summed E-state index contributed by atoms with van der Waals surface area (Å²) in [5.74, 6) is 0.468. The van der Waals surface area contributed by atoms with Gasteiger partial charge in [0.15, 0.2) is 0 Å². The van der Waals surface area contributed by atoms with Crippen molar-refractivity contribution < 1.29 is 9.18 Å². The zero-order chi connectivity index (χ0) is 15.8. The van der Waals surface area contributed by atoms with Gasteiger partial charge in [-0.25, -0.2) is 4.39 Å². The summed E-state index contributed by atoms with van der Waals surface area (Å²) in [7, 11) is 1.98. The van der Waals surface area contributed by atoms with Crippen molar-refractivity contribution >= 4 is 5.91 Å². The lowest BCUT2D eigenvalue weighted by Gasteiger charge is -2.31. The molecule has 0 aromatic heterocycles. The summed E-state index contributed by atoms with van der Waals surface area (Å²) in [5.41, 5.74) is 0.529. The molecule has 1 aromatic rings. The molecule has 4 nitrogen and oxygen atoms in total. The van der Waals surface area contributed by atoms with E-state index in [9.17, 15) is 9.18 Å². The maximum atomic E-state index is 13.5. The maximum Gasteiger partial charge on any atom is 0.234 e. The van der Waals surface area contributed by atoms with Gasteiger partial charge in [0.2, 0.25) is 5.91 Å². The number of benzene rings is 1. The molecule has 0 radical (unpaired) electrons. The second-order valence-electron chi connectivity index (χ2n) is 5.98. The Morgan fingerprint density at radius 1 is 1.32 bits per heavy atom. The first kappa shape index (κ1) is 16.9. The van der Waals surface area contributed by atoms with E-state index in [2.05, 4.69) is 15.5 Å². The van der Waals surface area contributed by atoms with Gasteiger partial charge >= 0.3 is 0 Å². The summed E-state index contributed by atoms with van der Waals surface area (Å²) < 4.78 is 13.5. The van der Waals surface area contributed by atoms with Crippen LogP contribution in [0.15, 0.2) is 24.3 Å². The van der Waals surface area contributed by atoms with Crippen LogP contribution in [0.25, 0.3) is 0 Å². The van der Waals surface area contributed by atoms with E-state index in [-0.39, 0.29) is 18.3 Å². The lowest BCUT2D eigenvalue weighted by atomic mass is 9.93. The standard InChI is InChI=1S/C17H26FN3O/c1-19-9-6-14-7-10-21(11-8-14)13-17(22)20-12-15-4-2-3-5-16(15)18/h2-5,14,19H,6-13H2,1H3,(H,20,22). The van der Waals surface area contributed by atoms with Gasteiger partial charge in [-0.05, 0) is 57.9 Å². The predicted octanol–water partition coefficient (Wildman–Crippen LogP) is 1.76. The fourth-order valence-corrected chi connectivity index (χ4v) is 2.88. The molecule has 0 bridgehead atoms. The van der Waals surface area contributed by atoms with Crippen LogP contribution in [0.1, 0.15) is 24.8 Å². The molecule has 0 saturated carbocycles. The molecule has 122 valence electrons. The number of rotatable bonds is 7. The van der Waals surface area contributed by atoms with Crippen molar-refractivity contribution in [2.45, 2.75) is 25.8 Å². The molecule has 1 heterocycles. The molecule has 1 aromatic carbocycles. The first-order valence-corrected chi connectivity index (χ1v) is 8.06. The Bertz CT molecular complexity index is 473. The molecule has 0 aliphatic carbocycles. The zero-order valence-corrected chi connectivity index (χ0v) is 13.3. The molecule has 2 rings (SSSR count). The minimum absolute atomic E-state index is 0.0306. The Morgan fingerprint density at radius 2 is 2.05 bits per heavy atom. The maximum absolute atomic E-state index is 13.5. The quantitative estimate of drug-likeness (QED) is 0.807. The third-order valence-electron chi connectivity index (χ3n) is 4.31. The van der Waals surface area contributed by atoms with E-state index in [4.69, 9.17) is 0 Å². The van der Waals surface area contributed by atoms with E-state index in [1.165, 1.54) is 12.5 Å². The third kappa shape index (κ3) is 5.39. The summed E-state index contributed by atoms with van der Waals surface area (Å²) >= 11 is 0. The Kier molecular flexibility index (Phi) is 6.80. The molecule has 1 saturated heterocycles. The molecule has 22 heavy (non-hydrogen) atoms. The van der Waals surface area contributed by atoms with Crippen LogP contribution in [0.4, 0.5) is 4.39 Å². The average Bonchev–Trinajstić information content (AvgIpc) is 2.53. The van der Waals surface area contributed by atoms with Crippen molar-refractivity contribution in [2.24, 2.45) is 5.92 Å². The van der Waals surface area contributed by atoms with E-state index in [1.54, 1.807) is 18.2 Å². The molecule has 5 heteroatoms. The smallest absolute Gasteiger partial charge is 0.234 e. The number of carbonyl (C=O) groups is 1. The van der Waals surface area contributed by atoms with Gasteiger partial charge < -0.3 is 10.6 Å². The molecule has 1 aliphatic rings. The van der Waals surface area contributed by atoms with Crippen molar-refractivity contribution in [3.8, 4) is 0 Å². The Labute approximate surface area is 132 Å². The van der Waals surface area contributed by atoms with E-state index in [1.807, 2.05) is 7.05 Å². The molecule has 0 unspecified atom stereocenters. The normalized spacial score (nSPS) is 16.6. The number of amides is 1. The van der Waals surface area contributed by atoms with Gasteiger partial charge in [0.1, 0.15) is 5.82 Å². The van der Waals surface area contributed by atoms with Gasteiger partial charge in [0.25, 0.3) is 0 Å². The van der Waals surface area contributed by atoms with Gasteiger partial charge in [-0.3, -0.25) is 9.69 Å². The zero-order valence-electron chi connectivity index (χ0n) is 13.3. The SMILES string of the molecule is CNCCC1CCN(CC(=O)NCc2ccccc2F)CC1. The molecule has 0 spiro atoms. The number of hydrogen-bond donors (Lipinski definition) is 2. The number of hydrogen-bond acceptors (Lipinski definition) is 3. The molecule has 1 fully saturated rings. The minimum atomic E-state index is -0.270. The van der Waals surface area contributed by atoms with Crippen molar-refractivity contribution in [3.63, 3.8) is 0 Å². The number of nitrogens with one attached hydrogen (secondary N) is 2. The highest BCUT2D eigenvalue weighted by molar-refractivity contribution is 5.78. The van der Waals surface area contributed by atoms with Crippen molar-refractivity contribution in [1.29, 1.82) is 0 Å². The monoisotopic (exact) mass is 307 g/mol. The second-order valence-corrected chi connectivity index (χ2v) is 5.98. The third-order valence-corrected chi connectivity index (χ3v) is 4.31. The molecule has 2 N–H and O–H groups in total. The van der Waals surface area contributed by atoms with Crippen molar-refractivity contribution in [3.05, 3.63) is 35.6 Å². The van der Waals surface area contributed by atoms with E-state index >= 15 is 0 Å². The first-order chi connectivity index (χ1) is 10.7. The summed E-state index contributed by atoms with van der Waals surface area (Å²) in [4.78, 5) is 14.2. The lowest BCUT2D eigenvalue weighted by molar-refractivity contribution is -0.122. The summed E-state index contributed by atoms with van der Waals surface area (Å²) in [5, 5.41) is 5.99. The van der Waals surface area contributed by atoms with Gasteiger partial charge in [-0.15, -0.1) is 0 Å². The Balaban J connectivity index is 1.67. The van der Waals surface area contributed by atoms with Gasteiger partial charge in [-0.1, -0.05) is 18.2 Å². The molecule has 1 aliphatic heterocycles. The highest BCUT2D eigenvalue weighted by Crippen LogP contribution is 2.19. The highest BCUT2D eigenvalue weighted by Gasteiger charge is 2.20. The molecule has 0 atom stereocenters. The summed E-state index contributed by atoms with van der Waals surface area (Å²) in [6.45, 7) is 3.67. The first-order valence-electron chi connectivity index (χ1n) is 8.06. The number of carbonyl (C=O) groups excluding carboxylic acids is 1. The number of nitrogens with zero attached hydrogens (tertiary/aromatic N) is 1. The van der Waals surface area contributed by atoms with Crippen LogP contribution in [-0.2, 0) is 11.3 Å². The topological polar surface area (TPSA) is 44.4 Å². The van der Waals surface area contributed by atoms with Crippen LogP contribution in [0.2, 0.25) is 0 Å². The van der Waals surface area contributed by atoms with E-state index in [0.29, 0.717) is 12.1 Å². The Morgan fingerprint density at radius 3 is 2.73 bits per heavy atom. The van der Waals surface area contributed by atoms with Gasteiger partial charge in [-0.2, -0.15) is 0 Å². The van der Waals surface area contributed by atoms with E-state index in [0.717, 1.165) is 38.4 Å². The van der Waals surface area contributed by atoms with Gasteiger partial charge in [0, 0.05) is 12.1 Å². The van der Waals surface area contributed by atoms with Crippen LogP contribution >= 0.6 is 0 Å². The fourth-order valence-electron chi connectivity index (χ4n) is 2.88. The van der Waals surface area contributed by atoms with Crippen LogP contribution in [0.5, 0.6) is 0 Å². The molecular formula is C17H26FN3O. The largest absolute Gasteiger partial charge is 0.351 e. The van der Waals surface area contributed by atoms with E-state index < -0.39 is 0 Å². The predicted molar refractivity (Wildman–Crippen MR) is 86.0 cm³/mol. The fraction of sp³-hybridized carbons (Fsp3) is 0.588. The minimum Gasteiger partial charge on any atom is -0.351 e. The Hall–Kier alpha value is -1.46. The summed E-state index contributed by atoms with van der Waals surface area (Å²) in [6.07, 6.45) is 3.52. The molecular weight excluding hydrogens is 281 g/mol. The van der Waals surface area contributed by atoms with Crippen LogP contribution in [0.3, 0.4) is 0 Å². The number of likely N-dealkylation sites (tertiary alicyclic amines) is 1. The van der Waals surface area contributed by atoms with Crippen molar-refractivity contribution in [1.82, 2.24) is 15.5 Å². The van der Waals surface area contributed by atoms with Crippen molar-refractivity contribution in [2.75, 3.05) is 33.2 Å². The second kappa shape index (κ2) is 8.86.